The number of ketones is 1. The second-order valence-corrected chi connectivity index (χ2v) is 6.56. The summed E-state index contributed by atoms with van der Waals surface area (Å²) in [6.07, 6.45) is 4.69. The Hall–Kier alpha value is -1.55. The molecule has 0 bridgehead atoms. The number of aromatic nitrogens is 2. The van der Waals surface area contributed by atoms with Gasteiger partial charge in [-0.05, 0) is 43.4 Å². The number of carbonyl (C=O) groups is 1. The lowest BCUT2D eigenvalue weighted by Gasteiger charge is -2.23. The van der Waals surface area contributed by atoms with Gasteiger partial charge in [0.2, 0.25) is 0 Å². The van der Waals surface area contributed by atoms with Crippen molar-refractivity contribution in [3.63, 3.8) is 0 Å². The Bertz CT molecular complexity index is 788. The van der Waals surface area contributed by atoms with Crippen LogP contribution in [-0.2, 0) is 20.5 Å². The summed E-state index contributed by atoms with van der Waals surface area (Å²) in [6.45, 7) is 0. The predicted molar refractivity (Wildman–Crippen MR) is 88.9 cm³/mol. The summed E-state index contributed by atoms with van der Waals surface area (Å²) in [4.78, 5) is 24.8. The third-order valence-corrected chi connectivity index (χ3v) is 5.10. The summed E-state index contributed by atoms with van der Waals surface area (Å²) in [5.41, 5.74) is 3.56. The highest BCUT2D eigenvalue weighted by molar-refractivity contribution is 6.17. The van der Waals surface area contributed by atoms with Crippen LogP contribution in [0.1, 0.15) is 41.6 Å². The second-order valence-electron chi connectivity index (χ2n) is 6.18. The summed E-state index contributed by atoms with van der Waals surface area (Å²) in [6, 6.07) is 3.92. The molecule has 1 aliphatic carbocycles. The van der Waals surface area contributed by atoms with Crippen LogP contribution in [0.2, 0.25) is 0 Å². The first-order valence-electron chi connectivity index (χ1n) is 7.83. The van der Waals surface area contributed by atoms with Crippen molar-refractivity contribution in [2.24, 2.45) is 20.0 Å². The Kier molecular flexibility index (Phi) is 4.13. The third kappa shape index (κ3) is 2.39. The van der Waals surface area contributed by atoms with Gasteiger partial charge in [0, 0.05) is 31.5 Å². The van der Waals surface area contributed by atoms with Gasteiger partial charge in [-0.3, -0.25) is 13.9 Å². The molecule has 1 heterocycles. The average Bonchev–Trinajstić information content (AvgIpc) is 2.73. The quantitative estimate of drug-likeness (QED) is 0.642. The van der Waals surface area contributed by atoms with E-state index in [4.69, 9.17) is 11.6 Å². The molecule has 0 aliphatic heterocycles. The normalized spacial score (nSPS) is 18.0. The average molecular weight is 321 g/mol. The van der Waals surface area contributed by atoms with Crippen LogP contribution in [0.5, 0.6) is 0 Å². The first-order chi connectivity index (χ1) is 10.5. The number of halogens is 1. The van der Waals surface area contributed by atoms with Crippen LogP contribution in [0.4, 0.5) is 0 Å². The summed E-state index contributed by atoms with van der Waals surface area (Å²) >= 11 is 5.72. The maximum absolute atomic E-state index is 12.7. The lowest BCUT2D eigenvalue weighted by molar-refractivity contribution is 0.0893. The van der Waals surface area contributed by atoms with E-state index in [-0.39, 0.29) is 17.4 Å². The SMILES string of the molecule is Cn1c(=O)n(C)c2cc3c(cc21)CCC(CCCCCl)C3=O. The first kappa shape index (κ1) is 15.3. The number of nitrogens with zero attached hydrogens (tertiary/aromatic N) is 2. The van der Waals surface area contributed by atoms with Gasteiger partial charge in [0.25, 0.3) is 0 Å². The zero-order valence-electron chi connectivity index (χ0n) is 13.1. The van der Waals surface area contributed by atoms with Crippen LogP contribution in [0.15, 0.2) is 16.9 Å². The number of alkyl halides is 1. The minimum atomic E-state index is -0.0524. The third-order valence-electron chi connectivity index (χ3n) is 4.83. The zero-order valence-corrected chi connectivity index (χ0v) is 13.8. The molecule has 4 nitrogen and oxygen atoms in total. The molecular weight excluding hydrogens is 300 g/mol. The molecule has 0 amide bonds. The lowest BCUT2D eigenvalue weighted by Crippen LogP contribution is -2.22. The Morgan fingerprint density at radius 2 is 1.82 bits per heavy atom. The molecule has 22 heavy (non-hydrogen) atoms. The standard InChI is InChI=1S/C17H21ClN2O2/c1-19-14-9-12-7-6-11(5-3-4-8-18)16(21)13(12)10-15(14)20(2)17(19)22/h9-11H,3-8H2,1-2H3. The van der Waals surface area contributed by atoms with Crippen molar-refractivity contribution in [3.05, 3.63) is 33.7 Å². The van der Waals surface area contributed by atoms with Crippen molar-refractivity contribution < 1.29 is 4.79 Å². The van der Waals surface area contributed by atoms with Crippen LogP contribution in [0.3, 0.4) is 0 Å². The van der Waals surface area contributed by atoms with E-state index in [1.807, 2.05) is 12.1 Å². The molecule has 0 spiro atoms. The van der Waals surface area contributed by atoms with Gasteiger partial charge in [-0.1, -0.05) is 6.42 Å². The van der Waals surface area contributed by atoms with Crippen LogP contribution >= 0.6 is 11.6 Å². The molecule has 1 unspecified atom stereocenters. The highest BCUT2D eigenvalue weighted by atomic mass is 35.5. The van der Waals surface area contributed by atoms with Gasteiger partial charge in [0.15, 0.2) is 5.78 Å². The number of Topliss-reactive ketones (excluding diaryl/α,β-unsaturated/α-hetero) is 1. The molecular formula is C17H21ClN2O2. The number of hydrogen-bond acceptors (Lipinski definition) is 2. The number of rotatable bonds is 4. The highest BCUT2D eigenvalue weighted by Crippen LogP contribution is 2.31. The van der Waals surface area contributed by atoms with Gasteiger partial charge in [0.05, 0.1) is 11.0 Å². The number of unbranched alkanes of at least 4 members (excludes halogenated alkanes) is 1. The largest absolute Gasteiger partial charge is 0.328 e. The Morgan fingerprint density at radius 1 is 1.14 bits per heavy atom. The van der Waals surface area contributed by atoms with E-state index in [0.717, 1.165) is 54.3 Å². The van der Waals surface area contributed by atoms with Gasteiger partial charge in [-0.25, -0.2) is 4.79 Å². The fraction of sp³-hybridized carbons (Fsp3) is 0.529. The van der Waals surface area contributed by atoms with E-state index < -0.39 is 0 Å². The number of imidazole rings is 1. The van der Waals surface area contributed by atoms with Crippen LogP contribution in [0, 0.1) is 5.92 Å². The topological polar surface area (TPSA) is 44.0 Å². The Balaban J connectivity index is 2.00. The van der Waals surface area contributed by atoms with Crippen LogP contribution in [0.25, 0.3) is 11.0 Å². The molecule has 5 heteroatoms. The molecule has 0 saturated heterocycles. The Labute approximate surface area is 134 Å². The molecule has 0 N–H and O–H groups in total. The van der Waals surface area contributed by atoms with E-state index in [2.05, 4.69) is 0 Å². The second kappa shape index (κ2) is 5.92. The van der Waals surface area contributed by atoms with E-state index in [1.165, 1.54) is 0 Å². The van der Waals surface area contributed by atoms with Crippen LogP contribution in [-0.4, -0.2) is 20.8 Å². The Morgan fingerprint density at radius 3 is 2.50 bits per heavy atom. The molecule has 1 atom stereocenters. The summed E-state index contributed by atoms with van der Waals surface area (Å²) in [5, 5.41) is 0. The molecule has 1 aromatic heterocycles. The zero-order chi connectivity index (χ0) is 15.9. The highest BCUT2D eigenvalue weighted by Gasteiger charge is 2.28. The van der Waals surface area contributed by atoms with E-state index in [0.29, 0.717) is 5.88 Å². The molecule has 3 rings (SSSR count). The van der Waals surface area contributed by atoms with Crippen molar-refractivity contribution >= 4 is 28.4 Å². The van der Waals surface area contributed by atoms with Crippen molar-refractivity contribution in [2.45, 2.75) is 32.1 Å². The van der Waals surface area contributed by atoms with E-state index in [1.54, 1.807) is 23.2 Å². The molecule has 0 saturated carbocycles. The summed E-state index contributed by atoms with van der Waals surface area (Å²) in [5.74, 6) is 0.993. The maximum Gasteiger partial charge on any atom is 0.328 e. The fourth-order valence-electron chi connectivity index (χ4n) is 3.47. The molecule has 1 aromatic carbocycles. The van der Waals surface area contributed by atoms with Gasteiger partial charge in [-0.15, -0.1) is 11.6 Å². The first-order valence-corrected chi connectivity index (χ1v) is 8.36. The van der Waals surface area contributed by atoms with Gasteiger partial charge < -0.3 is 0 Å². The predicted octanol–water partition coefficient (Wildman–Crippen LogP) is 3.03. The van der Waals surface area contributed by atoms with Gasteiger partial charge in [0.1, 0.15) is 0 Å². The fourth-order valence-corrected chi connectivity index (χ4v) is 3.66. The number of hydrogen-bond donors (Lipinski definition) is 0. The molecule has 118 valence electrons. The minimum Gasteiger partial charge on any atom is -0.295 e. The summed E-state index contributed by atoms with van der Waals surface area (Å²) < 4.78 is 3.26. The van der Waals surface area contributed by atoms with Gasteiger partial charge >= 0.3 is 5.69 Å². The van der Waals surface area contributed by atoms with Crippen molar-refractivity contribution in [2.75, 3.05) is 5.88 Å². The molecule has 0 fully saturated rings. The van der Waals surface area contributed by atoms with E-state index in [9.17, 15) is 9.59 Å². The number of carbonyl (C=O) groups excluding carboxylic acids is 1. The minimum absolute atomic E-state index is 0.0524. The molecule has 0 radical (unpaired) electrons. The lowest BCUT2D eigenvalue weighted by atomic mass is 9.80. The molecule has 1 aliphatic rings. The summed E-state index contributed by atoms with van der Waals surface area (Å²) in [7, 11) is 3.53. The van der Waals surface area contributed by atoms with Crippen molar-refractivity contribution in [1.82, 2.24) is 9.13 Å². The maximum atomic E-state index is 12.7. The number of aryl methyl sites for hydroxylation is 3. The van der Waals surface area contributed by atoms with Gasteiger partial charge in [-0.2, -0.15) is 0 Å². The van der Waals surface area contributed by atoms with Crippen molar-refractivity contribution in [3.8, 4) is 0 Å². The molecule has 2 aromatic rings. The smallest absolute Gasteiger partial charge is 0.295 e. The number of fused-ring (bicyclic) bond motifs is 2. The monoisotopic (exact) mass is 320 g/mol. The van der Waals surface area contributed by atoms with Crippen molar-refractivity contribution in [1.29, 1.82) is 0 Å². The van der Waals surface area contributed by atoms with E-state index >= 15 is 0 Å². The number of benzene rings is 1. The van der Waals surface area contributed by atoms with Crippen LogP contribution < -0.4 is 5.69 Å².